The van der Waals surface area contributed by atoms with Crippen LogP contribution in [0.1, 0.15) is 12.0 Å². The molecule has 0 saturated carbocycles. The van der Waals surface area contributed by atoms with E-state index in [4.69, 9.17) is 16.3 Å². The lowest BCUT2D eigenvalue weighted by Crippen LogP contribution is -2.17. The van der Waals surface area contributed by atoms with Crippen LogP contribution in [0.4, 0.5) is 5.69 Å². The molecule has 1 aliphatic heterocycles. The van der Waals surface area contributed by atoms with Crippen molar-refractivity contribution in [3.05, 3.63) is 22.7 Å². The Kier molecular flexibility index (Phi) is 4.13. The summed E-state index contributed by atoms with van der Waals surface area (Å²) in [6.45, 7) is 5.18. The third kappa shape index (κ3) is 3.05. The highest BCUT2D eigenvalue weighted by molar-refractivity contribution is 6.31. The van der Waals surface area contributed by atoms with Gasteiger partial charge in [-0.1, -0.05) is 11.6 Å². The van der Waals surface area contributed by atoms with E-state index in [9.17, 15) is 0 Å². The van der Waals surface area contributed by atoms with E-state index >= 15 is 0 Å². The summed E-state index contributed by atoms with van der Waals surface area (Å²) in [5.41, 5.74) is 2.05. The summed E-state index contributed by atoms with van der Waals surface area (Å²) in [6, 6.07) is 3.85. The lowest BCUT2D eigenvalue weighted by atomic mass is 10.1. The summed E-state index contributed by atoms with van der Waals surface area (Å²) in [5, 5.41) is 7.55. The number of hydrogen-bond donors (Lipinski definition) is 2. The first kappa shape index (κ1) is 12.5. The van der Waals surface area contributed by atoms with Gasteiger partial charge < -0.3 is 15.4 Å². The van der Waals surface area contributed by atoms with Gasteiger partial charge in [0.25, 0.3) is 0 Å². The van der Waals surface area contributed by atoms with Crippen molar-refractivity contribution >= 4 is 17.3 Å². The second-order valence-electron chi connectivity index (χ2n) is 4.54. The lowest BCUT2D eigenvalue weighted by molar-refractivity contribution is 0.413. The molecule has 1 aliphatic rings. The van der Waals surface area contributed by atoms with Gasteiger partial charge in [0.05, 0.1) is 12.8 Å². The highest BCUT2D eigenvalue weighted by Crippen LogP contribution is 2.32. The Balaban J connectivity index is 2.07. The standard InChI is InChI=1S/C13H19ClN2O/c1-9-5-11(14)6-12(13(9)17-2)16-8-10-3-4-15-7-10/h5-6,10,15-16H,3-4,7-8H2,1-2H3. The van der Waals surface area contributed by atoms with Crippen LogP contribution in [0.3, 0.4) is 0 Å². The predicted molar refractivity (Wildman–Crippen MR) is 72.2 cm³/mol. The largest absolute Gasteiger partial charge is 0.494 e. The molecule has 0 aromatic heterocycles. The summed E-state index contributed by atoms with van der Waals surface area (Å²) in [7, 11) is 1.69. The third-order valence-electron chi connectivity index (χ3n) is 3.19. The molecular formula is C13H19ClN2O. The van der Waals surface area contributed by atoms with Crippen molar-refractivity contribution in [3.63, 3.8) is 0 Å². The van der Waals surface area contributed by atoms with Crippen LogP contribution in [0.5, 0.6) is 5.75 Å². The average molecular weight is 255 g/mol. The van der Waals surface area contributed by atoms with E-state index < -0.39 is 0 Å². The molecule has 0 spiro atoms. The van der Waals surface area contributed by atoms with Gasteiger partial charge >= 0.3 is 0 Å². The van der Waals surface area contributed by atoms with E-state index in [2.05, 4.69) is 10.6 Å². The first-order valence-electron chi connectivity index (χ1n) is 5.99. The Morgan fingerprint density at radius 3 is 3.00 bits per heavy atom. The average Bonchev–Trinajstić information content (AvgIpc) is 2.78. The second kappa shape index (κ2) is 5.61. The van der Waals surface area contributed by atoms with Gasteiger partial charge in [-0.15, -0.1) is 0 Å². The van der Waals surface area contributed by atoms with E-state index in [1.807, 2.05) is 19.1 Å². The molecule has 17 heavy (non-hydrogen) atoms. The number of methoxy groups -OCH3 is 1. The van der Waals surface area contributed by atoms with E-state index in [0.29, 0.717) is 5.92 Å². The first-order valence-corrected chi connectivity index (χ1v) is 6.37. The van der Waals surface area contributed by atoms with Crippen molar-refractivity contribution in [2.75, 3.05) is 32.1 Å². The zero-order valence-electron chi connectivity index (χ0n) is 10.3. The molecule has 4 heteroatoms. The van der Waals surface area contributed by atoms with Gasteiger partial charge in [-0.3, -0.25) is 0 Å². The predicted octanol–water partition coefficient (Wildman–Crippen LogP) is 2.68. The number of rotatable bonds is 4. The summed E-state index contributed by atoms with van der Waals surface area (Å²) in [4.78, 5) is 0. The SMILES string of the molecule is COc1c(C)cc(Cl)cc1NCC1CCNC1. The number of benzene rings is 1. The third-order valence-corrected chi connectivity index (χ3v) is 3.41. The van der Waals surface area contributed by atoms with Crippen LogP contribution >= 0.6 is 11.6 Å². The van der Waals surface area contributed by atoms with Crippen LogP contribution < -0.4 is 15.4 Å². The van der Waals surface area contributed by atoms with Crippen LogP contribution in [0.2, 0.25) is 5.02 Å². The molecule has 1 unspecified atom stereocenters. The Bertz CT molecular complexity index is 389. The van der Waals surface area contributed by atoms with Crippen molar-refractivity contribution in [2.24, 2.45) is 5.92 Å². The molecule has 1 aromatic rings. The molecule has 94 valence electrons. The van der Waals surface area contributed by atoms with Gasteiger partial charge in [-0.05, 0) is 50.0 Å². The van der Waals surface area contributed by atoms with Crippen LogP contribution in [-0.4, -0.2) is 26.7 Å². The molecule has 0 bridgehead atoms. The van der Waals surface area contributed by atoms with Crippen LogP contribution in [-0.2, 0) is 0 Å². The summed E-state index contributed by atoms with van der Waals surface area (Å²) < 4.78 is 5.41. The van der Waals surface area contributed by atoms with Crippen molar-refractivity contribution in [1.29, 1.82) is 0 Å². The van der Waals surface area contributed by atoms with Gasteiger partial charge in [0, 0.05) is 11.6 Å². The fourth-order valence-electron chi connectivity index (χ4n) is 2.28. The summed E-state index contributed by atoms with van der Waals surface area (Å²) >= 11 is 6.07. The number of halogens is 1. The number of anilines is 1. The number of nitrogens with one attached hydrogen (secondary N) is 2. The molecule has 1 aromatic carbocycles. The zero-order valence-corrected chi connectivity index (χ0v) is 11.1. The zero-order chi connectivity index (χ0) is 12.3. The maximum atomic E-state index is 6.07. The highest BCUT2D eigenvalue weighted by atomic mass is 35.5. The molecule has 0 aliphatic carbocycles. The number of ether oxygens (including phenoxy) is 1. The second-order valence-corrected chi connectivity index (χ2v) is 4.98. The molecular weight excluding hydrogens is 236 g/mol. The number of aryl methyl sites for hydroxylation is 1. The van der Waals surface area contributed by atoms with Crippen molar-refractivity contribution < 1.29 is 4.74 Å². The maximum Gasteiger partial charge on any atom is 0.144 e. The van der Waals surface area contributed by atoms with Crippen LogP contribution in [0.25, 0.3) is 0 Å². The van der Waals surface area contributed by atoms with Gasteiger partial charge in [0.2, 0.25) is 0 Å². The Morgan fingerprint density at radius 2 is 2.35 bits per heavy atom. The van der Waals surface area contributed by atoms with Crippen LogP contribution in [0.15, 0.2) is 12.1 Å². The minimum atomic E-state index is 0.694. The summed E-state index contributed by atoms with van der Waals surface area (Å²) in [6.07, 6.45) is 1.23. The minimum absolute atomic E-state index is 0.694. The lowest BCUT2D eigenvalue weighted by Gasteiger charge is -2.16. The Hall–Kier alpha value is -0.930. The van der Waals surface area contributed by atoms with E-state index in [1.165, 1.54) is 6.42 Å². The Morgan fingerprint density at radius 1 is 1.53 bits per heavy atom. The Labute approximate surface area is 107 Å². The topological polar surface area (TPSA) is 33.3 Å². The smallest absolute Gasteiger partial charge is 0.144 e. The van der Waals surface area contributed by atoms with E-state index in [0.717, 1.165) is 41.7 Å². The fourth-order valence-corrected chi connectivity index (χ4v) is 2.55. The molecule has 1 fully saturated rings. The number of hydrogen-bond acceptors (Lipinski definition) is 3. The summed E-state index contributed by atoms with van der Waals surface area (Å²) in [5.74, 6) is 1.58. The molecule has 1 heterocycles. The maximum absolute atomic E-state index is 6.07. The normalized spacial score (nSPS) is 19.4. The van der Waals surface area contributed by atoms with Gasteiger partial charge in [0.1, 0.15) is 5.75 Å². The van der Waals surface area contributed by atoms with E-state index in [1.54, 1.807) is 7.11 Å². The molecule has 2 N–H and O–H groups in total. The molecule has 0 radical (unpaired) electrons. The molecule has 1 saturated heterocycles. The van der Waals surface area contributed by atoms with Crippen molar-refractivity contribution in [1.82, 2.24) is 5.32 Å². The van der Waals surface area contributed by atoms with E-state index in [-0.39, 0.29) is 0 Å². The fraction of sp³-hybridized carbons (Fsp3) is 0.538. The van der Waals surface area contributed by atoms with Gasteiger partial charge in [-0.2, -0.15) is 0 Å². The highest BCUT2D eigenvalue weighted by Gasteiger charge is 2.15. The monoisotopic (exact) mass is 254 g/mol. The van der Waals surface area contributed by atoms with Crippen LogP contribution in [0, 0.1) is 12.8 Å². The van der Waals surface area contributed by atoms with Crippen molar-refractivity contribution in [2.45, 2.75) is 13.3 Å². The van der Waals surface area contributed by atoms with Gasteiger partial charge in [-0.25, -0.2) is 0 Å². The quantitative estimate of drug-likeness (QED) is 0.867. The molecule has 1 atom stereocenters. The molecule has 3 nitrogen and oxygen atoms in total. The first-order chi connectivity index (χ1) is 8.20. The molecule has 0 amide bonds. The van der Waals surface area contributed by atoms with Crippen molar-refractivity contribution in [3.8, 4) is 5.75 Å². The van der Waals surface area contributed by atoms with Gasteiger partial charge in [0.15, 0.2) is 0 Å². The molecule has 2 rings (SSSR count). The minimum Gasteiger partial charge on any atom is -0.494 e.